The van der Waals surface area contributed by atoms with Crippen molar-refractivity contribution >= 4 is 0 Å². The van der Waals surface area contributed by atoms with Crippen LogP contribution in [0.4, 0.5) is 0 Å². The van der Waals surface area contributed by atoms with Crippen LogP contribution in [0.1, 0.15) is 58.3 Å². The van der Waals surface area contributed by atoms with Crippen LogP contribution < -0.4 is 0 Å². The summed E-state index contributed by atoms with van der Waals surface area (Å²) in [5, 5.41) is 28.9. The van der Waals surface area contributed by atoms with E-state index in [1.54, 1.807) is 0 Å². The zero-order valence-corrected chi connectivity index (χ0v) is 14.4. The molecule has 0 bridgehead atoms. The maximum absolute atomic E-state index is 9.87. The van der Waals surface area contributed by atoms with Gasteiger partial charge in [0.1, 0.15) is 24.4 Å². The molecule has 0 spiro atoms. The van der Waals surface area contributed by atoms with Crippen LogP contribution in [-0.2, 0) is 9.47 Å². The molecule has 0 aromatic rings. The fraction of sp³-hybridized carbons (Fsp3) is 0.889. The Labute approximate surface area is 140 Å². The first-order chi connectivity index (χ1) is 11.2. The molecule has 1 fully saturated rings. The highest BCUT2D eigenvalue weighted by molar-refractivity contribution is 4.87. The van der Waals surface area contributed by atoms with Gasteiger partial charge in [-0.25, -0.2) is 0 Å². The van der Waals surface area contributed by atoms with Crippen LogP contribution in [0.3, 0.4) is 0 Å². The molecule has 3 N–H and O–H groups in total. The average Bonchev–Trinajstić information content (AvgIpc) is 2.88. The van der Waals surface area contributed by atoms with E-state index in [4.69, 9.17) is 9.47 Å². The number of hydrogen-bond donors (Lipinski definition) is 3. The van der Waals surface area contributed by atoms with E-state index in [9.17, 15) is 15.3 Å². The predicted molar refractivity (Wildman–Crippen MR) is 90.3 cm³/mol. The standard InChI is InChI=1S/C18H34O5/c1-2-3-4-5-6-7-8-9-10-11-12-22-13-16(20)18-17(21)15(19)14-23-18/h4-5,15-21H,2-3,6-14H2,1H3/b5-4+/t15-,16+,17+,18+/m1/s1. The van der Waals surface area contributed by atoms with Gasteiger partial charge in [-0.3, -0.25) is 0 Å². The monoisotopic (exact) mass is 330 g/mol. The Morgan fingerprint density at radius 3 is 2.48 bits per heavy atom. The molecule has 0 aromatic heterocycles. The van der Waals surface area contributed by atoms with E-state index < -0.39 is 24.4 Å². The van der Waals surface area contributed by atoms with Crippen molar-refractivity contribution < 1.29 is 24.8 Å². The minimum atomic E-state index is -1.03. The Balaban J connectivity index is 1.88. The summed E-state index contributed by atoms with van der Waals surface area (Å²) in [6, 6.07) is 0. The van der Waals surface area contributed by atoms with Crippen molar-refractivity contribution in [1.29, 1.82) is 0 Å². The van der Waals surface area contributed by atoms with Gasteiger partial charge in [-0.2, -0.15) is 0 Å². The second kappa shape index (κ2) is 12.9. The van der Waals surface area contributed by atoms with Gasteiger partial charge in [0.25, 0.3) is 0 Å². The third kappa shape index (κ3) is 8.82. The normalized spacial score (nSPS) is 26.2. The molecule has 5 heteroatoms. The topological polar surface area (TPSA) is 79.2 Å². The fourth-order valence-corrected chi connectivity index (χ4v) is 2.66. The molecular formula is C18H34O5. The molecule has 0 aliphatic carbocycles. The van der Waals surface area contributed by atoms with Crippen molar-refractivity contribution in [1.82, 2.24) is 0 Å². The summed E-state index contributed by atoms with van der Waals surface area (Å²) in [5.41, 5.74) is 0. The molecule has 0 amide bonds. The van der Waals surface area contributed by atoms with Gasteiger partial charge in [-0.15, -0.1) is 0 Å². The van der Waals surface area contributed by atoms with E-state index in [1.807, 2.05) is 0 Å². The number of rotatable bonds is 13. The Hall–Kier alpha value is -0.460. The van der Waals surface area contributed by atoms with Gasteiger partial charge in [-0.1, -0.05) is 44.8 Å². The first-order valence-corrected chi connectivity index (χ1v) is 9.05. The predicted octanol–water partition coefficient (Wildman–Crippen LogP) is 2.18. The third-order valence-corrected chi connectivity index (χ3v) is 4.14. The average molecular weight is 330 g/mol. The first-order valence-electron chi connectivity index (χ1n) is 9.05. The SMILES string of the molecule is CCC/C=C/CCCCCCCOC[C@H](O)[C@@H]1OC[C@@H](O)[C@@H]1O. The van der Waals surface area contributed by atoms with E-state index in [0.717, 1.165) is 12.8 Å². The van der Waals surface area contributed by atoms with E-state index in [-0.39, 0.29) is 13.2 Å². The Morgan fingerprint density at radius 2 is 1.78 bits per heavy atom. The van der Waals surface area contributed by atoms with Crippen LogP contribution in [0, 0.1) is 0 Å². The number of hydrogen-bond acceptors (Lipinski definition) is 5. The van der Waals surface area contributed by atoms with Crippen LogP contribution in [-0.4, -0.2) is 59.6 Å². The smallest absolute Gasteiger partial charge is 0.114 e. The largest absolute Gasteiger partial charge is 0.388 e. The highest BCUT2D eigenvalue weighted by atomic mass is 16.5. The Bertz CT molecular complexity index is 308. The van der Waals surface area contributed by atoms with Crippen LogP contribution in [0.25, 0.3) is 0 Å². The van der Waals surface area contributed by atoms with Crippen molar-refractivity contribution in [3.05, 3.63) is 12.2 Å². The summed E-state index contributed by atoms with van der Waals surface area (Å²) in [7, 11) is 0. The lowest BCUT2D eigenvalue weighted by molar-refractivity contribution is -0.0813. The molecule has 0 unspecified atom stereocenters. The van der Waals surface area contributed by atoms with Crippen molar-refractivity contribution in [2.45, 2.75) is 82.7 Å². The number of allylic oxidation sites excluding steroid dienone is 2. The maximum Gasteiger partial charge on any atom is 0.114 e. The summed E-state index contributed by atoms with van der Waals surface area (Å²) in [6.07, 6.45) is 10.4. The molecule has 1 aliphatic heterocycles. The summed E-state index contributed by atoms with van der Waals surface area (Å²) >= 11 is 0. The van der Waals surface area contributed by atoms with Crippen molar-refractivity contribution in [2.24, 2.45) is 0 Å². The Kier molecular flexibility index (Phi) is 11.5. The lowest BCUT2D eigenvalue weighted by Crippen LogP contribution is -2.40. The van der Waals surface area contributed by atoms with Crippen LogP contribution in [0.15, 0.2) is 12.2 Å². The van der Waals surface area contributed by atoms with Crippen molar-refractivity contribution in [3.8, 4) is 0 Å². The highest BCUT2D eigenvalue weighted by Crippen LogP contribution is 2.17. The molecule has 136 valence electrons. The van der Waals surface area contributed by atoms with Crippen molar-refractivity contribution in [2.75, 3.05) is 19.8 Å². The van der Waals surface area contributed by atoms with E-state index in [1.165, 1.54) is 38.5 Å². The van der Waals surface area contributed by atoms with E-state index in [0.29, 0.717) is 6.61 Å². The quantitative estimate of drug-likeness (QED) is 0.356. The van der Waals surface area contributed by atoms with Crippen LogP contribution in [0.2, 0.25) is 0 Å². The molecule has 1 rings (SSSR count). The van der Waals surface area contributed by atoms with Gasteiger partial charge < -0.3 is 24.8 Å². The fourth-order valence-electron chi connectivity index (χ4n) is 2.66. The summed E-state index contributed by atoms with van der Waals surface area (Å²) in [5.74, 6) is 0. The lowest BCUT2D eigenvalue weighted by Gasteiger charge is -2.20. The van der Waals surface area contributed by atoms with Gasteiger partial charge in [0.05, 0.1) is 13.2 Å². The summed E-state index contributed by atoms with van der Waals surface area (Å²) in [4.78, 5) is 0. The molecule has 5 nitrogen and oxygen atoms in total. The number of ether oxygens (including phenoxy) is 2. The van der Waals surface area contributed by atoms with Gasteiger partial charge in [0.2, 0.25) is 0 Å². The zero-order chi connectivity index (χ0) is 16.9. The highest BCUT2D eigenvalue weighted by Gasteiger charge is 2.39. The molecule has 4 atom stereocenters. The van der Waals surface area contributed by atoms with Gasteiger partial charge in [-0.05, 0) is 25.7 Å². The molecule has 1 heterocycles. The molecule has 1 aliphatic rings. The van der Waals surface area contributed by atoms with Gasteiger partial charge >= 0.3 is 0 Å². The molecule has 0 radical (unpaired) electrons. The minimum Gasteiger partial charge on any atom is -0.388 e. The minimum absolute atomic E-state index is 0.0660. The first kappa shape index (κ1) is 20.6. The second-order valence-electron chi connectivity index (χ2n) is 6.31. The van der Waals surface area contributed by atoms with E-state index in [2.05, 4.69) is 19.1 Å². The maximum atomic E-state index is 9.87. The summed E-state index contributed by atoms with van der Waals surface area (Å²) in [6.45, 7) is 3.00. The molecule has 0 saturated carbocycles. The number of unbranched alkanes of at least 4 members (excludes halogenated alkanes) is 6. The number of aliphatic hydroxyl groups is 3. The molecule has 0 aromatic carbocycles. The molecule has 23 heavy (non-hydrogen) atoms. The van der Waals surface area contributed by atoms with Gasteiger partial charge in [0, 0.05) is 6.61 Å². The van der Waals surface area contributed by atoms with Gasteiger partial charge in [0.15, 0.2) is 0 Å². The third-order valence-electron chi connectivity index (χ3n) is 4.14. The van der Waals surface area contributed by atoms with Crippen LogP contribution in [0.5, 0.6) is 0 Å². The second-order valence-corrected chi connectivity index (χ2v) is 6.31. The van der Waals surface area contributed by atoms with Crippen molar-refractivity contribution in [3.63, 3.8) is 0 Å². The van der Waals surface area contributed by atoms with Crippen LogP contribution >= 0.6 is 0 Å². The molecular weight excluding hydrogens is 296 g/mol. The summed E-state index contributed by atoms with van der Waals surface area (Å²) < 4.78 is 10.6. The lowest BCUT2D eigenvalue weighted by atomic mass is 10.1. The zero-order valence-electron chi connectivity index (χ0n) is 14.4. The van der Waals surface area contributed by atoms with E-state index >= 15 is 0 Å². The molecule has 1 saturated heterocycles. The Morgan fingerprint density at radius 1 is 1.09 bits per heavy atom. The number of aliphatic hydroxyl groups excluding tert-OH is 3.